The summed E-state index contributed by atoms with van der Waals surface area (Å²) in [5, 5.41) is 16.3. The molecule has 0 saturated heterocycles. The third-order valence-corrected chi connectivity index (χ3v) is 2.79. The second-order valence-electron chi connectivity index (χ2n) is 5.09. The molecule has 1 aromatic carbocycles. The number of amides is 1. The highest BCUT2D eigenvalue weighted by molar-refractivity contribution is 5.77. The van der Waals surface area contributed by atoms with E-state index < -0.39 is 4.92 Å². The van der Waals surface area contributed by atoms with Gasteiger partial charge < -0.3 is 15.4 Å². The predicted molar refractivity (Wildman–Crippen MR) is 85.1 cm³/mol. The molecule has 0 aliphatic heterocycles. The lowest BCUT2D eigenvalue weighted by Gasteiger charge is -2.09. The first-order valence-corrected chi connectivity index (χ1v) is 7.33. The Morgan fingerprint density at radius 1 is 1.22 bits per heavy atom. The maximum Gasteiger partial charge on any atom is 0.307 e. The van der Waals surface area contributed by atoms with E-state index in [1.165, 1.54) is 6.07 Å². The first kappa shape index (κ1) is 18.4. The molecule has 0 saturated carbocycles. The van der Waals surface area contributed by atoms with Crippen LogP contribution in [0.2, 0.25) is 0 Å². The van der Waals surface area contributed by atoms with E-state index in [1.54, 1.807) is 32.0 Å². The van der Waals surface area contributed by atoms with Gasteiger partial charge in [0, 0.05) is 25.6 Å². The second kappa shape index (κ2) is 9.39. The molecule has 0 bridgehead atoms. The Morgan fingerprint density at radius 2 is 1.91 bits per heavy atom. The maximum atomic E-state index is 11.6. The standard InChI is InChI=1S/C15H21N3O5/c1-11(2)23-15(20)8-10-17-14(19)7-9-16-12-5-3-4-6-13(12)18(21)22/h3-6,11,16H,7-10H2,1-2H3,(H,17,19). The Kier molecular flexibility index (Phi) is 7.52. The number of hydrogen-bond donors (Lipinski definition) is 2. The van der Waals surface area contributed by atoms with Gasteiger partial charge in [0.1, 0.15) is 5.69 Å². The number of rotatable bonds is 9. The number of carbonyl (C=O) groups excluding carboxylic acids is 2. The molecule has 23 heavy (non-hydrogen) atoms. The van der Waals surface area contributed by atoms with Crippen LogP contribution in [-0.4, -0.2) is 36.0 Å². The molecule has 0 aliphatic rings. The first-order valence-electron chi connectivity index (χ1n) is 7.33. The van der Waals surface area contributed by atoms with E-state index in [1.807, 2.05) is 0 Å². The van der Waals surface area contributed by atoms with Gasteiger partial charge in [0.15, 0.2) is 0 Å². The minimum absolute atomic E-state index is 0.0376. The molecule has 0 fully saturated rings. The van der Waals surface area contributed by atoms with Crippen LogP contribution in [0.5, 0.6) is 0 Å². The van der Waals surface area contributed by atoms with E-state index in [4.69, 9.17) is 4.74 Å². The van der Waals surface area contributed by atoms with Gasteiger partial charge in [-0.1, -0.05) is 12.1 Å². The maximum absolute atomic E-state index is 11.6. The van der Waals surface area contributed by atoms with Gasteiger partial charge in [0.2, 0.25) is 5.91 Å². The lowest BCUT2D eigenvalue weighted by atomic mass is 10.2. The topological polar surface area (TPSA) is 111 Å². The van der Waals surface area contributed by atoms with Gasteiger partial charge in [0.05, 0.1) is 17.4 Å². The molecule has 0 radical (unpaired) electrons. The molecular weight excluding hydrogens is 302 g/mol. The zero-order valence-electron chi connectivity index (χ0n) is 13.2. The summed E-state index contributed by atoms with van der Waals surface area (Å²) in [6.45, 7) is 3.97. The fourth-order valence-corrected chi connectivity index (χ4v) is 1.81. The fourth-order valence-electron chi connectivity index (χ4n) is 1.81. The van der Waals surface area contributed by atoms with Gasteiger partial charge in [-0.3, -0.25) is 19.7 Å². The van der Waals surface area contributed by atoms with Crippen molar-refractivity contribution < 1.29 is 19.2 Å². The third kappa shape index (κ3) is 7.25. The second-order valence-corrected chi connectivity index (χ2v) is 5.09. The number of anilines is 1. The van der Waals surface area contributed by atoms with Crippen LogP contribution in [0.25, 0.3) is 0 Å². The van der Waals surface area contributed by atoms with Gasteiger partial charge >= 0.3 is 5.97 Å². The van der Waals surface area contributed by atoms with Crippen LogP contribution in [-0.2, 0) is 14.3 Å². The van der Waals surface area contributed by atoms with Crippen molar-refractivity contribution in [2.75, 3.05) is 18.4 Å². The highest BCUT2D eigenvalue weighted by Crippen LogP contribution is 2.22. The molecule has 8 nitrogen and oxygen atoms in total. The number of para-hydroxylation sites is 2. The van der Waals surface area contributed by atoms with Crippen molar-refractivity contribution in [2.45, 2.75) is 32.8 Å². The van der Waals surface area contributed by atoms with Crippen molar-refractivity contribution in [3.63, 3.8) is 0 Å². The monoisotopic (exact) mass is 323 g/mol. The number of hydrogen-bond acceptors (Lipinski definition) is 6. The number of nitro groups is 1. The van der Waals surface area contributed by atoms with Crippen molar-refractivity contribution in [1.29, 1.82) is 0 Å². The Balaban J connectivity index is 2.27. The Labute approximate surface area is 134 Å². The normalized spacial score (nSPS) is 10.2. The highest BCUT2D eigenvalue weighted by atomic mass is 16.6. The molecule has 0 atom stereocenters. The summed E-state index contributed by atoms with van der Waals surface area (Å²) in [4.78, 5) is 33.3. The molecule has 0 aliphatic carbocycles. The van der Waals surface area contributed by atoms with E-state index in [0.29, 0.717) is 5.69 Å². The lowest BCUT2D eigenvalue weighted by molar-refractivity contribution is -0.384. The van der Waals surface area contributed by atoms with Crippen molar-refractivity contribution in [2.24, 2.45) is 0 Å². The number of nitrogens with zero attached hydrogens (tertiary/aromatic N) is 1. The summed E-state index contributed by atoms with van der Waals surface area (Å²) < 4.78 is 4.94. The molecule has 1 aromatic rings. The van der Waals surface area contributed by atoms with E-state index in [2.05, 4.69) is 10.6 Å². The van der Waals surface area contributed by atoms with E-state index in [-0.39, 0.29) is 49.6 Å². The minimum Gasteiger partial charge on any atom is -0.463 e. The molecule has 126 valence electrons. The van der Waals surface area contributed by atoms with Gasteiger partial charge in [-0.15, -0.1) is 0 Å². The SMILES string of the molecule is CC(C)OC(=O)CCNC(=O)CCNc1ccccc1[N+](=O)[O-]. The van der Waals surface area contributed by atoms with Crippen LogP contribution < -0.4 is 10.6 Å². The molecular formula is C15H21N3O5. The molecule has 1 amide bonds. The number of benzene rings is 1. The van der Waals surface area contributed by atoms with Crippen molar-refractivity contribution in [3.8, 4) is 0 Å². The molecule has 0 spiro atoms. The zero-order valence-corrected chi connectivity index (χ0v) is 13.2. The van der Waals surface area contributed by atoms with Gasteiger partial charge in [-0.05, 0) is 19.9 Å². The molecule has 2 N–H and O–H groups in total. The Bertz CT molecular complexity index is 560. The van der Waals surface area contributed by atoms with Crippen LogP contribution in [0.4, 0.5) is 11.4 Å². The number of carbonyl (C=O) groups is 2. The zero-order chi connectivity index (χ0) is 17.2. The summed E-state index contributed by atoms with van der Waals surface area (Å²) in [6.07, 6.45) is 0.0799. The average Bonchev–Trinajstić information content (AvgIpc) is 2.46. The first-order chi connectivity index (χ1) is 10.9. The van der Waals surface area contributed by atoms with E-state index >= 15 is 0 Å². The Morgan fingerprint density at radius 3 is 2.57 bits per heavy atom. The summed E-state index contributed by atoms with van der Waals surface area (Å²) in [7, 11) is 0. The van der Waals surface area contributed by atoms with Crippen LogP contribution >= 0.6 is 0 Å². The van der Waals surface area contributed by atoms with Crippen LogP contribution in [0.1, 0.15) is 26.7 Å². The van der Waals surface area contributed by atoms with Crippen LogP contribution in [0.15, 0.2) is 24.3 Å². The summed E-state index contributed by atoms with van der Waals surface area (Å²) in [6, 6.07) is 6.22. The van der Waals surface area contributed by atoms with E-state index in [9.17, 15) is 19.7 Å². The summed E-state index contributed by atoms with van der Waals surface area (Å²) >= 11 is 0. The molecule has 1 rings (SSSR count). The van der Waals surface area contributed by atoms with Gasteiger partial charge in [-0.25, -0.2) is 0 Å². The van der Waals surface area contributed by atoms with Crippen LogP contribution in [0, 0.1) is 10.1 Å². The minimum atomic E-state index is -0.483. The fraction of sp³-hybridized carbons (Fsp3) is 0.467. The van der Waals surface area contributed by atoms with E-state index in [0.717, 1.165) is 0 Å². The number of ether oxygens (including phenoxy) is 1. The predicted octanol–water partition coefficient (Wildman–Crippen LogP) is 1.85. The van der Waals surface area contributed by atoms with Crippen molar-refractivity contribution in [3.05, 3.63) is 34.4 Å². The number of nitro benzene ring substituents is 1. The van der Waals surface area contributed by atoms with Crippen molar-refractivity contribution in [1.82, 2.24) is 5.32 Å². The van der Waals surface area contributed by atoms with Gasteiger partial charge in [-0.2, -0.15) is 0 Å². The molecule has 0 unspecified atom stereocenters. The number of esters is 1. The smallest absolute Gasteiger partial charge is 0.307 e. The quantitative estimate of drug-likeness (QED) is 0.408. The Hall–Kier alpha value is -2.64. The summed E-state index contributed by atoms with van der Waals surface area (Å²) in [5.74, 6) is -0.605. The molecule has 0 heterocycles. The molecule has 8 heteroatoms. The van der Waals surface area contributed by atoms with Crippen molar-refractivity contribution >= 4 is 23.3 Å². The van der Waals surface area contributed by atoms with Crippen LogP contribution in [0.3, 0.4) is 0 Å². The number of nitrogens with one attached hydrogen (secondary N) is 2. The molecule has 0 aromatic heterocycles. The largest absolute Gasteiger partial charge is 0.463 e. The summed E-state index contributed by atoms with van der Waals surface area (Å²) in [5.41, 5.74) is 0.329. The lowest BCUT2D eigenvalue weighted by Crippen LogP contribution is -2.28. The third-order valence-electron chi connectivity index (χ3n) is 2.79. The van der Waals surface area contributed by atoms with Gasteiger partial charge in [0.25, 0.3) is 5.69 Å². The highest BCUT2D eigenvalue weighted by Gasteiger charge is 2.12. The average molecular weight is 323 g/mol.